The van der Waals surface area contributed by atoms with Gasteiger partial charge in [-0.1, -0.05) is 19.3 Å². The van der Waals surface area contributed by atoms with Crippen LogP contribution in [0.5, 0.6) is 0 Å². The molecule has 0 radical (unpaired) electrons. The van der Waals surface area contributed by atoms with E-state index in [9.17, 15) is 4.79 Å². The zero-order valence-corrected chi connectivity index (χ0v) is 9.55. The van der Waals surface area contributed by atoms with Crippen molar-refractivity contribution >= 4 is 5.97 Å². The first-order chi connectivity index (χ1) is 7.33. The van der Waals surface area contributed by atoms with Crippen molar-refractivity contribution in [2.24, 2.45) is 5.92 Å². The van der Waals surface area contributed by atoms with E-state index >= 15 is 0 Å². The fourth-order valence-electron chi connectivity index (χ4n) is 1.96. The molecule has 1 saturated carbocycles. The quantitative estimate of drug-likeness (QED) is 0.526. The lowest BCUT2D eigenvalue weighted by Crippen LogP contribution is -2.04. The summed E-state index contributed by atoms with van der Waals surface area (Å²) in [6.45, 7) is 0. The highest BCUT2D eigenvalue weighted by Gasteiger charge is 2.11. The van der Waals surface area contributed by atoms with Gasteiger partial charge in [0.1, 0.15) is 0 Å². The van der Waals surface area contributed by atoms with Crippen molar-refractivity contribution in [1.29, 1.82) is 0 Å². The molecule has 1 fully saturated rings. The number of esters is 1. The highest BCUT2D eigenvalue weighted by atomic mass is 16.5. The predicted octanol–water partition coefficient (Wildman–Crippen LogP) is 2.91. The van der Waals surface area contributed by atoms with Gasteiger partial charge in [0.15, 0.2) is 0 Å². The Morgan fingerprint density at radius 2 is 2.00 bits per heavy atom. The molecule has 1 rings (SSSR count). The molecule has 1 aliphatic carbocycles. The normalized spacial score (nSPS) is 16.6. The number of carbonyl (C=O) groups excluding carboxylic acids is 1. The van der Waals surface area contributed by atoms with Gasteiger partial charge in [0.2, 0.25) is 0 Å². The van der Waals surface area contributed by atoms with Gasteiger partial charge >= 0.3 is 5.97 Å². The minimum Gasteiger partial charge on any atom is -0.469 e. The zero-order chi connectivity index (χ0) is 10.9. The highest BCUT2D eigenvalue weighted by molar-refractivity contribution is 5.69. The van der Waals surface area contributed by atoms with Crippen LogP contribution in [0.25, 0.3) is 0 Å². The third-order valence-corrected chi connectivity index (χ3v) is 2.92. The molecule has 2 nitrogen and oxygen atoms in total. The van der Waals surface area contributed by atoms with Gasteiger partial charge < -0.3 is 4.74 Å². The number of carbonyl (C=O) groups is 1. The molecule has 1 aliphatic rings. The van der Waals surface area contributed by atoms with Crippen LogP contribution < -0.4 is 0 Å². The van der Waals surface area contributed by atoms with Gasteiger partial charge in [-0.2, -0.15) is 0 Å². The molecule has 0 aromatic carbocycles. The topological polar surface area (TPSA) is 26.3 Å². The molecule has 0 amide bonds. The molecule has 2 heteroatoms. The van der Waals surface area contributed by atoms with Crippen LogP contribution in [0.2, 0.25) is 0 Å². The molecule has 15 heavy (non-hydrogen) atoms. The lowest BCUT2D eigenvalue weighted by molar-refractivity contribution is -0.140. The third kappa shape index (κ3) is 5.47. The van der Waals surface area contributed by atoms with Crippen LogP contribution in [0.4, 0.5) is 0 Å². The van der Waals surface area contributed by atoms with E-state index in [1.54, 1.807) is 0 Å². The Hall–Kier alpha value is -0.970. The Morgan fingerprint density at radius 3 is 2.67 bits per heavy atom. The molecule has 0 heterocycles. The smallest absolute Gasteiger partial charge is 0.306 e. The van der Waals surface area contributed by atoms with E-state index in [0.717, 1.165) is 12.3 Å². The monoisotopic (exact) mass is 208 g/mol. The standard InChI is InChI=1S/C13H20O2/c1-15-13(14)11-7-3-6-10-12-8-4-2-5-9-12/h12H,2,4-5,7-11H2,1H3. The van der Waals surface area contributed by atoms with E-state index in [1.807, 2.05) is 0 Å². The van der Waals surface area contributed by atoms with Crippen molar-refractivity contribution < 1.29 is 9.53 Å². The lowest BCUT2D eigenvalue weighted by atomic mass is 9.87. The molecule has 0 aromatic rings. The van der Waals surface area contributed by atoms with E-state index in [4.69, 9.17) is 0 Å². The number of hydrogen-bond acceptors (Lipinski definition) is 2. The van der Waals surface area contributed by atoms with Gasteiger partial charge in [0.25, 0.3) is 0 Å². The van der Waals surface area contributed by atoms with Gasteiger partial charge in [-0.3, -0.25) is 4.79 Å². The Morgan fingerprint density at radius 1 is 1.27 bits per heavy atom. The van der Waals surface area contributed by atoms with E-state index in [2.05, 4.69) is 16.6 Å². The van der Waals surface area contributed by atoms with Gasteiger partial charge in [0.05, 0.1) is 13.5 Å². The van der Waals surface area contributed by atoms with Crippen molar-refractivity contribution in [1.82, 2.24) is 0 Å². The number of rotatable bonds is 3. The summed E-state index contributed by atoms with van der Waals surface area (Å²) < 4.78 is 4.54. The summed E-state index contributed by atoms with van der Waals surface area (Å²) in [4.78, 5) is 10.8. The fourth-order valence-corrected chi connectivity index (χ4v) is 1.96. The third-order valence-electron chi connectivity index (χ3n) is 2.92. The van der Waals surface area contributed by atoms with Crippen molar-refractivity contribution in [3.63, 3.8) is 0 Å². The molecular formula is C13H20O2. The number of ether oxygens (including phenoxy) is 1. The van der Waals surface area contributed by atoms with Gasteiger partial charge in [-0.15, -0.1) is 11.8 Å². The zero-order valence-electron chi connectivity index (χ0n) is 9.55. The molecule has 0 aliphatic heterocycles. The molecule has 0 spiro atoms. The largest absolute Gasteiger partial charge is 0.469 e. The lowest BCUT2D eigenvalue weighted by Gasteiger charge is -2.18. The second-order valence-electron chi connectivity index (χ2n) is 4.14. The average Bonchev–Trinajstić information content (AvgIpc) is 2.29. The molecule has 0 N–H and O–H groups in total. The summed E-state index contributed by atoms with van der Waals surface area (Å²) in [6, 6.07) is 0. The molecule has 0 aromatic heterocycles. The van der Waals surface area contributed by atoms with E-state index in [-0.39, 0.29) is 5.97 Å². The Bertz CT molecular complexity index is 241. The Kier molecular flexibility index (Phi) is 5.92. The number of hydrogen-bond donors (Lipinski definition) is 0. The minimum atomic E-state index is -0.165. The predicted molar refractivity (Wildman–Crippen MR) is 60.2 cm³/mol. The van der Waals surface area contributed by atoms with Crippen LogP contribution in [0, 0.1) is 17.8 Å². The van der Waals surface area contributed by atoms with Crippen LogP contribution in [-0.2, 0) is 9.53 Å². The summed E-state index contributed by atoms with van der Waals surface area (Å²) in [5, 5.41) is 0. The summed E-state index contributed by atoms with van der Waals surface area (Å²) in [7, 11) is 1.41. The van der Waals surface area contributed by atoms with Crippen LogP contribution in [0.3, 0.4) is 0 Å². The first kappa shape index (κ1) is 12.1. The van der Waals surface area contributed by atoms with E-state index < -0.39 is 0 Å². The van der Waals surface area contributed by atoms with Crippen LogP contribution in [0.1, 0.15) is 51.4 Å². The summed E-state index contributed by atoms with van der Waals surface area (Å²) in [5.41, 5.74) is 0. The summed E-state index contributed by atoms with van der Waals surface area (Å²) in [6.07, 6.45) is 8.89. The molecule has 84 valence electrons. The van der Waals surface area contributed by atoms with Gasteiger partial charge in [-0.25, -0.2) is 0 Å². The molecule has 0 bridgehead atoms. The summed E-state index contributed by atoms with van der Waals surface area (Å²) in [5.74, 6) is 6.87. The van der Waals surface area contributed by atoms with Gasteiger partial charge in [0, 0.05) is 12.8 Å². The number of methoxy groups -OCH3 is 1. The van der Waals surface area contributed by atoms with Crippen molar-refractivity contribution in [2.45, 2.75) is 51.4 Å². The van der Waals surface area contributed by atoms with Crippen molar-refractivity contribution in [3.8, 4) is 11.8 Å². The first-order valence-electron chi connectivity index (χ1n) is 5.85. The van der Waals surface area contributed by atoms with Crippen LogP contribution >= 0.6 is 0 Å². The highest BCUT2D eigenvalue weighted by Crippen LogP contribution is 2.25. The second-order valence-corrected chi connectivity index (χ2v) is 4.14. The molecular weight excluding hydrogens is 188 g/mol. The SMILES string of the molecule is COC(=O)CCC#CCC1CCCCC1. The van der Waals surface area contributed by atoms with Crippen LogP contribution in [-0.4, -0.2) is 13.1 Å². The maximum Gasteiger partial charge on any atom is 0.306 e. The molecule has 0 atom stereocenters. The van der Waals surface area contributed by atoms with Crippen molar-refractivity contribution in [3.05, 3.63) is 0 Å². The summed E-state index contributed by atoms with van der Waals surface area (Å²) >= 11 is 0. The van der Waals surface area contributed by atoms with E-state index in [0.29, 0.717) is 12.8 Å². The van der Waals surface area contributed by atoms with Crippen LogP contribution in [0.15, 0.2) is 0 Å². The second kappa shape index (κ2) is 7.34. The maximum atomic E-state index is 10.8. The maximum absolute atomic E-state index is 10.8. The molecule has 0 saturated heterocycles. The average molecular weight is 208 g/mol. The minimum absolute atomic E-state index is 0.165. The first-order valence-corrected chi connectivity index (χ1v) is 5.85. The fraction of sp³-hybridized carbons (Fsp3) is 0.769. The Balaban J connectivity index is 2.07. The van der Waals surface area contributed by atoms with E-state index in [1.165, 1.54) is 39.2 Å². The van der Waals surface area contributed by atoms with Gasteiger partial charge in [-0.05, 0) is 18.8 Å². The van der Waals surface area contributed by atoms with Crippen molar-refractivity contribution in [2.75, 3.05) is 7.11 Å². The molecule has 0 unspecified atom stereocenters. The Labute approximate surface area is 92.4 Å².